The van der Waals surface area contributed by atoms with Crippen LogP contribution in [0.3, 0.4) is 0 Å². The Labute approximate surface area is 92.0 Å². The van der Waals surface area contributed by atoms with Crippen molar-refractivity contribution in [2.45, 2.75) is 56.5 Å². The Kier molecular flexibility index (Phi) is 3.27. The minimum absolute atomic E-state index is 0.169. The molecule has 2 fully saturated rings. The molecule has 84 valence electrons. The standard InChI is InChI=1S/C13H20O2/c1-3-11-7-5-9-13(14-11)10-6-8-12(4-2)15-13/h3-4,11-12H,1-2,5-10H2. The van der Waals surface area contributed by atoms with E-state index in [1.807, 2.05) is 12.2 Å². The molecule has 0 aromatic rings. The quantitative estimate of drug-likeness (QED) is 0.649. The third-order valence-electron chi connectivity index (χ3n) is 3.35. The second-order valence-corrected chi connectivity index (χ2v) is 4.48. The van der Waals surface area contributed by atoms with Crippen molar-refractivity contribution in [2.24, 2.45) is 0 Å². The molecule has 0 aromatic heterocycles. The highest BCUT2D eigenvalue weighted by Crippen LogP contribution is 2.39. The SMILES string of the molecule is C=CC1CCCC2(CCCC(C=C)O2)O1. The smallest absolute Gasteiger partial charge is 0.169 e. The maximum absolute atomic E-state index is 6.01. The normalized spacial score (nSPS) is 41.3. The van der Waals surface area contributed by atoms with Crippen molar-refractivity contribution in [1.82, 2.24) is 0 Å². The summed E-state index contributed by atoms with van der Waals surface area (Å²) in [5.74, 6) is -0.339. The van der Waals surface area contributed by atoms with Gasteiger partial charge < -0.3 is 9.47 Å². The first-order chi connectivity index (χ1) is 7.28. The van der Waals surface area contributed by atoms with Crippen molar-refractivity contribution < 1.29 is 9.47 Å². The zero-order chi connectivity index (χ0) is 10.7. The second kappa shape index (κ2) is 4.50. The highest BCUT2D eigenvalue weighted by molar-refractivity contribution is 4.93. The number of ether oxygens (including phenoxy) is 2. The lowest BCUT2D eigenvalue weighted by Crippen LogP contribution is -2.47. The predicted molar refractivity (Wildman–Crippen MR) is 60.6 cm³/mol. The average molecular weight is 208 g/mol. The van der Waals surface area contributed by atoms with Crippen molar-refractivity contribution in [3.63, 3.8) is 0 Å². The first kappa shape index (κ1) is 10.9. The highest BCUT2D eigenvalue weighted by atomic mass is 16.7. The summed E-state index contributed by atoms with van der Waals surface area (Å²) in [4.78, 5) is 0. The molecule has 0 amide bonds. The summed E-state index contributed by atoms with van der Waals surface area (Å²) in [6, 6.07) is 0. The van der Waals surface area contributed by atoms with Crippen LogP contribution in [0.15, 0.2) is 25.3 Å². The fraction of sp³-hybridized carbons (Fsp3) is 0.692. The molecule has 1 spiro atoms. The van der Waals surface area contributed by atoms with Gasteiger partial charge in [0.15, 0.2) is 5.79 Å². The molecule has 2 aliphatic rings. The van der Waals surface area contributed by atoms with Gasteiger partial charge in [-0.05, 0) is 25.7 Å². The van der Waals surface area contributed by atoms with Gasteiger partial charge in [0.2, 0.25) is 0 Å². The molecule has 0 N–H and O–H groups in total. The molecule has 2 atom stereocenters. The summed E-state index contributed by atoms with van der Waals surface area (Å²) in [5.41, 5.74) is 0. The zero-order valence-electron chi connectivity index (χ0n) is 9.28. The van der Waals surface area contributed by atoms with Crippen LogP contribution in [0.5, 0.6) is 0 Å². The Bertz CT molecular complexity index is 221. The Balaban J connectivity index is 2.04. The van der Waals surface area contributed by atoms with Gasteiger partial charge in [-0.2, -0.15) is 0 Å². The molecule has 0 saturated carbocycles. The van der Waals surface area contributed by atoms with Crippen molar-refractivity contribution in [3.05, 3.63) is 25.3 Å². The van der Waals surface area contributed by atoms with Gasteiger partial charge in [-0.15, -0.1) is 13.2 Å². The van der Waals surface area contributed by atoms with Crippen molar-refractivity contribution >= 4 is 0 Å². The summed E-state index contributed by atoms with van der Waals surface area (Å²) in [6.07, 6.45) is 10.6. The molecule has 2 heteroatoms. The summed E-state index contributed by atoms with van der Waals surface area (Å²) < 4.78 is 12.0. The number of hydrogen-bond donors (Lipinski definition) is 0. The van der Waals surface area contributed by atoms with E-state index in [4.69, 9.17) is 9.47 Å². The van der Waals surface area contributed by atoms with Crippen molar-refractivity contribution in [3.8, 4) is 0 Å². The van der Waals surface area contributed by atoms with E-state index in [2.05, 4.69) is 13.2 Å². The van der Waals surface area contributed by atoms with E-state index in [1.165, 1.54) is 12.8 Å². The highest BCUT2D eigenvalue weighted by Gasteiger charge is 2.41. The van der Waals surface area contributed by atoms with E-state index in [0.29, 0.717) is 0 Å². The first-order valence-electron chi connectivity index (χ1n) is 5.89. The van der Waals surface area contributed by atoms with Gasteiger partial charge in [0.25, 0.3) is 0 Å². The van der Waals surface area contributed by atoms with Crippen LogP contribution < -0.4 is 0 Å². The van der Waals surface area contributed by atoms with Crippen LogP contribution in [-0.4, -0.2) is 18.0 Å². The lowest BCUT2D eigenvalue weighted by atomic mass is 9.93. The minimum Gasteiger partial charge on any atom is -0.343 e. The van der Waals surface area contributed by atoms with Gasteiger partial charge >= 0.3 is 0 Å². The van der Waals surface area contributed by atoms with Crippen molar-refractivity contribution in [2.75, 3.05) is 0 Å². The molecule has 15 heavy (non-hydrogen) atoms. The lowest BCUT2D eigenvalue weighted by Gasteiger charge is -2.44. The molecule has 0 radical (unpaired) electrons. The van der Waals surface area contributed by atoms with E-state index in [0.717, 1.165) is 25.7 Å². The molecular weight excluding hydrogens is 188 g/mol. The van der Waals surface area contributed by atoms with E-state index >= 15 is 0 Å². The minimum atomic E-state index is -0.339. The zero-order valence-corrected chi connectivity index (χ0v) is 9.28. The summed E-state index contributed by atoms with van der Waals surface area (Å²) in [6.45, 7) is 7.60. The molecule has 2 heterocycles. The molecule has 0 aliphatic carbocycles. The average Bonchev–Trinajstić information content (AvgIpc) is 2.29. The van der Waals surface area contributed by atoms with E-state index in [9.17, 15) is 0 Å². The topological polar surface area (TPSA) is 18.5 Å². The Morgan fingerprint density at radius 1 is 0.933 bits per heavy atom. The Morgan fingerprint density at radius 3 is 1.80 bits per heavy atom. The molecular formula is C13H20O2. The molecule has 2 rings (SSSR count). The first-order valence-corrected chi connectivity index (χ1v) is 5.89. The summed E-state index contributed by atoms with van der Waals surface area (Å²) >= 11 is 0. The second-order valence-electron chi connectivity index (χ2n) is 4.48. The van der Waals surface area contributed by atoms with Crippen LogP contribution in [-0.2, 0) is 9.47 Å². The van der Waals surface area contributed by atoms with Gasteiger partial charge in [-0.25, -0.2) is 0 Å². The van der Waals surface area contributed by atoms with Crippen LogP contribution in [0.4, 0.5) is 0 Å². The molecule has 0 bridgehead atoms. The third kappa shape index (κ3) is 2.32. The van der Waals surface area contributed by atoms with Gasteiger partial charge in [-0.1, -0.05) is 12.2 Å². The fourth-order valence-corrected chi connectivity index (χ4v) is 2.54. The van der Waals surface area contributed by atoms with Gasteiger partial charge in [0.1, 0.15) is 0 Å². The van der Waals surface area contributed by atoms with Crippen LogP contribution in [0.2, 0.25) is 0 Å². The van der Waals surface area contributed by atoms with Crippen LogP contribution in [0.25, 0.3) is 0 Å². The lowest BCUT2D eigenvalue weighted by molar-refractivity contribution is -0.300. The number of hydrogen-bond acceptors (Lipinski definition) is 2. The Hall–Kier alpha value is -0.600. The number of rotatable bonds is 2. The van der Waals surface area contributed by atoms with Gasteiger partial charge in [0, 0.05) is 12.8 Å². The van der Waals surface area contributed by atoms with E-state index in [1.54, 1.807) is 0 Å². The van der Waals surface area contributed by atoms with E-state index in [-0.39, 0.29) is 18.0 Å². The molecule has 2 saturated heterocycles. The predicted octanol–water partition coefficient (Wildman–Crippen LogP) is 3.19. The van der Waals surface area contributed by atoms with Gasteiger partial charge in [0.05, 0.1) is 12.2 Å². The maximum atomic E-state index is 6.01. The largest absolute Gasteiger partial charge is 0.343 e. The van der Waals surface area contributed by atoms with E-state index < -0.39 is 0 Å². The van der Waals surface area contributed by atoms with Crippen LogP contribution >= 0.6 is 0 Å². The maximum Gasteiger partial charge on any atom is 0.169 e. The summed E-state index contributed by atoms with van der Waals surface area (Å²) in [7, 11) is 0. The summed E-state index contributed by atoms with van der Waals surface area (Å²) in [5, 5.41) is 0. The molecule has 2 aliphatic heterocycles. The van der Waals surface area contributed by atoms with Crippen LogP contribution in [0, 0.1) is 0 Å². The van der Waals surface area contributed by atoms with Crippen molar-refractivity contribution in [1.29, 1.82) is 0 Å². The van der Waals surface area contributed by atoms with Crippen LogP contribution in [0.1, 0.15) is 38.5 Å². The third-order valence-corrected chi connectivity index (χ3v) is 3.35. The molecule has 0 aromatic carbocycles. The Morgan fingerprint density at radius 2 is 1.40 bits per heavy atom. The monoisotopic (exact) mass is 208 g/mol. The molecule has 2 nitrogen and oxygen atoms in total. The van der Waals surface area contributed by atoms with Gasteiger partial charge in [-0.3, -0.25) is 0 Å². The molecule has 2 unspecified atom stereocenters. The fourth-order valence-electron chi connectivity index (χ4n) is 2.54.